The molecule has 0 rings (SSSR count). The first-order valence-electron chi connectivity index (χ1n) is 6.61. The maximum absolute atomic E-state index is 11.8. The monoisotopic (exact) mass is 290 g/mol. The number of nitrogens with two attached hydrogens (primary N) is 1. The van der Waals surface area contributed by atoms with Gasteiger partial charge in [-0.3, -0.25) is 4.79 Å². The normalized spacial score (nSPS) is 14.2. The van der Waals surface area contributed by atoms with Gasteiger partial charge in [0.1, 0.15) is 6.04 Å². The molecule has 0 fully saturated rings. The molecule has 0 bridgehead atoms. The molecule has 0 saturated carbocycles. The van der Waals surface area contributed by atoms with E-state index in [1.54, 1.807) is 11.8 Å². The van der Waals surface area contributed by atoms with E-state index in [0.717, 1.165) is 6.42 Å². The molecule has 0 aliphatic carbocycles. The van der Waals surface area contributed by atoms with E-state index in [1.165, 1.54) is 0 Å². The number of rotatable bonds is 10. The highest BCUT2D eigenvalue weighted by atomic mass is 32.2. The van der Waals surface area contributed by atoms with Gasteiger partial charge in [0.2, 0.25) is 5.91 Å². The molecule has 0 aromatic carbocycles. The maximum atomic E-state index is 11.8. The summed E-state index contributed by atoms with van der Waals surface area (Å²) in [7, 11) is 0. The quantitative estimate of drug-likeness (QED) is 0.564. The lowest BCUT2D eigenvalue weighted by atomic mass is 9.94. The summed E-state index contributed by atoms with van der Waals surface area (Å²) >= 11 is 1.57. The van der Waals surface area contributed by atoms with E-state index < -0.39 is 12.0 Å². The van der Waals surface area contributed by atoms with Gasteiger partial charge < -0.3 is 16.2 Å². The van der Waals surface area contributed by atoms with Gasteiger partial charge >= 0.3 is 5.97 Å². The average Bonchev–Trinajstić information content (AvgIpc) is 2.32. The summed E-state index contributed by atoms with van der Waals surface area (Å²) in [5.74, 6) is 0.118. The van der Waals surface area contributed by atoms with E-state index in [-0.39, 0.29) is 11.8 Å². The minimum absolute atomic E-state index is 0.120. The van der Waals surface area contributed by atoms with E-state index in [0.29, 0.717) is 31.1 Å². The first-order valence-corrected chi connectivity index (χ1v) is 8.01. The molecule has 0 aliphatic heterocycles. The van der Waals surface area contributed by atoms with Crippen molar-refractivity contribution in [3.63, 3.8) is 0 Å². The fourth-order valence-electron chi connectivity index (χ4n) is 1.94. The smallest absolute Gasteiger partial charge is 0.326 e. The van der Waals surface area contributed by atoms with Crippen LogP contribution >= 0.6 is 11.8 Å². The Morgan fingerprint density at radius 3 is 2.42 bits per heavy atom. The summed E-state index contributed by atoms with van der Waals surface area (Å²) in [4.78, 5) is 22.9. The summed E-state index contributed by atoms with van der Waals surface area (Å²) in [6.07, 6.45) is 3.54. The van der Waals surface area contributed by atoms with Gasteiger partial charge in [0.25, 0.3) is 0 Å². The molecule has 0 spiro atoms. The van der Waals surface area contributed by atoms with E-state index >= 15 is 0 Å². The molecule has 19 heavy (non-hydrogen) atoms. The molecule has 0 aromatic rings. The Morgan fingerprint density at radius 1 is 1.37 bits per heavy atom. The zero-order valence-electron chi connectivity index (χ0n) is 12.0. The SMILES string of the molecule is CSCCC(NC(=O)CC(CN)CC(C)C)C(=O)O. The lowest BCUT2D eigenvalue weighted by Gasteiger charge is -2.19. The van der Waals surface area contributed by atoms with Crippen molar-refractivity contribution in [2.45, 2.75) is 39.2 Å². The Labute approximate surface area is 119 Å². The summed E-state index contributed by atoms with van der Waals surface area (Å²) < 4.78 is 0. The van der Waals surface area contributed by atoms with Crippen LogP contribution in [-0.2, 0) is 9.59 Å². The minimum Gasteiger partial charge on any atom is -0.480 e. The van der Waals surface area contributed by atoms with Crippen LogP contribution in [-0.4, -0.2) is 41.6 Å². The van der Waals surface area contributed by atoms with Crippen molar-refractivity contribution in [3.05, 3.63) is 0 Å². The van der Waals surface area contributed by atoms with Gasteiger partial charge in [-0.2, -0.15) is 11.8 Å². The highest BCUT2D eigenvalue weighted by molar-refractivity contribution is 7.98. The van der Waals surface area contributed by atoms with Crippen LogP contribution in [0.25, 0.3) is 0 Å². The van der Waals surface area contributed by atoms with Crippen LogP contribution in [0.3, 0.4) is 0 Å². The van der Waals surface area contributed by atoms with Crippen molar-refractivity contribution in [2.24, 2.45) is 17.6 Å². The van der Waals surface area contributed by atoms with Crippen molar-refractivity contribution in [2.75, 3.05) is 18.6 Å². The molecule has 112 valence electrons. The Hall–Kier alpha value is -0.750. The lowest BCUT2D eigenvalue weighted by Crippen LogP contribution is -2.42. The second-order valence-electron chi connectivity index (χ2n) is 5.18. The van der Waals surface area contributed by atoms with Crippen LogP contribution in [0.1, 0.15) is 33.1 Å². The molecular formula is C13H26N2O3S. The minimum atomic E-state index is -0.976. The number of amides is 1. The number of carboxylic acids is 1. The van der Waals surface area contributed by atoms with E-state index in [1.807, 2.05) is 6.26 Å². The third-order valence-electron chi connectivity index (χ3n) is 2.86. The number of carboxylic acid groups (broad SMARTS) is 1. The number of aliphatic carboxylic acids is 1. The highest BCUT2D eigenvalue weighted by Gasteiger charge is 2.21. The number of thioether (sulfide) groups is 1. The molecule has 4 N–H and O–H groups in total. The third kappa shape index (κ3) is 8.88. The largest absolute Gasteiger partial charge is 0.480 e. The van der Waals surface area contributed by atoms with Crippen molar-refractivity contribution in [1.82, 2.24) is 5.32 Å². The van der Waals surface area contributed by atoms with Gasteiger partial charge in [-0.05, 0) is 43.2 Å². The summed E-state index contributed by atoms with van der Waals surface area (Å²) in [5, 5.41) is 11.6. The number of hydrogen-bond donors (Lipinski definition) is 3. The van der Waals surface area contributed by atoms with Gasteiger partial charge in [-0.25, -0.2) is 4.79 Å². The van der Waals surface area contributed by atoms with Crippen molar-refractivity contribution in [1.29, 1.82) is 0 Å². The van der Waals surface area contributed by atoms with Crippen molar-refractivity contribution < 1.29 is 14.7 Å². The highest BCUT2D eigenvalue weighted by Crippen LogP contribution is 2.14. The molecule has 0 radical (unpaired) electrons. The zero-order valence-corrected chi connectivity index (χ0v) is 12.8. The maximum Gasteiger partial charge on any atom is 0.326 e. The molecule has 0 aliphatic rings. The van der Waals surface area contributed by atoms with Crippen molar-refractivity contribution >= 4 is 23.6 Å². The van der Waals surface area contributed by atoms with E-state index in [9.17, 15) is 9.59 Å². The number of carbonyl (C=O) groups is 2. The van der Waals surface area contributed by atoms with Gasteiger partial charge in [0.15, 0.2) is 0 Å². The van der Waals surface area contributed by atoms with Crippen LogP contribution in [0.2, 0.25) is 0 Å². The Morgan fingerprint density at radius 2 is 2.00 bits per heavy atom. The molecule has 1 amide bonds. The molecule has 5 nitrogen and oxygen atoms in total. The van der Waals surface area contributed by atoms with Gasteiger partial charge in [-0.15, -0.1) is 0 Å². The standard InChI is InChI=1S/C13H26N2O3S/c1-9(2)6-10(8-14)7-12(16)15-11(13(17)18)4-5-19-3/h9-11H,4-8,14H2,1-3H3,(H,15,16)(H,17,18). The Kier molecular flexibility index (Phi) is 9.69. The average molecular weight is 290 g/mol. The number of nitrogens with one attached hydrogen (secondary N) is 1. The van der Waals surface area contributed by atoms with Crippen LogP contribution < -0.4 is 11.1 Å². The Bertz CT molecular complexity index is 285. The van der Waals surface area contributed by atoms with Crippen LogP contribution in [0.5, 0.6) is 0 Å². The van der Waals surface area contributed by atoms with Crippen LogP contribution in [0, 0.1) is 11.8 Å². The second-order valence-corrected chi connectivity index (χ2v) is 6.16. The van der Waals surface area contributed by atoms with Gasteiger partial charge in [0, 0.05) is 6.42 Å². The summed E-state index contributed by atoms with van der Waals surface area (Å²) in [6.45, 7) is 4.62. The molecule has 0 heterocycles. The predicted octanol–water partition coefficient (Wildman–Crippen LogP) is 1.32. The number of hydrogen-bond acceptors (Lipinski definition) is 4. The van der Waals surface area contributed by atoms with Gasteiger partial charge in [0.05, 0.1) is 0 Å². The third-order valence-corrected chi connectivity index (χ3v) is 3.50. The van der Waals surface area contributed by atoms with E-state index in [4.69, 9.17) is 10.8 Å². The molecule has 2 unspecified atom stereocenters. The summed E-state index contributed by atoms with van der Waals surface area (Å²) in [6, 6.07) is -0.794. The first kappa shape index (κ1) is 18.2. The molecule has 0 aromatic heterocycles. The molecule has 6 heteroatoms. The predicted molar refractivity (Wildman–Crippen MR) is 79.2 cm³/mol. The van der Waals surface area contributed by atoms with Gasteiger partial charge in [-0.1, -0.05) is 13.8 Å². The molecular weight excluding hydrogens is 264 g/mol. The van der Waals surface area contributed by atoms with Crippen LogP contribution in [0.15, 0.2) is 0 Å². The molecule has 0 saturated heterocycles. The second kappa shape index (κ2) is 10.1. The fraction of sp³-hybridized carbons (Fsp3) is 0.846. The lowest BCUT2D eigenvalue weighted by molar-refractivity contribution is -0.142. The topological polar surface area (TPSA) is 92.4 Å². The zero-order chi connectivity index (χ0) is 14.8. The Balaban J connectivity index is 4.27. The van der Waals surface area contributed by atoms with Crippen molar-refractivity contribution in [3.8, 4) is 0 Å². The van der Waals surface area contributed by atoms with E-state index in [2.05, 4.69) is 19.2 Å². The fourth-order valence-corrected chi connectivity index (χ4v) is 2.41. The number of carbonyl (C=O) groups excluding carboxylic acids is 1. The summed E-state index contributed by atoms with van der Waals surface area (Å²) in [5.41, 5.74) is 5.64. The first-order chi connectivity index (χ1) is 8.90. The molecule has 2 atom stereocenters. The van der Waals surface area contributed by atoms with Crippen LogP contribution in [0.4, 0.5) is 0 Å².